The molecule has 0 amide bonds. The van der Waals surface area contributed by atoms with Crippen LogP contribution in [0.1, 0.15) is 54.9 Å². The third-order valence-electron chi connectivity index (χ3n) is 4.44. The van der Waals surface area contributed by atoms with Crippen molar-refractivity contribution in [2.45, 2.75) is 39.5 Å². The Morgan fingerprint density at radius 3 is 2.55 bits per heavy atom. The van der Waals surface area contributed by atoms with E-state index < -0.39 is 0 Å². The number of hydrogen-bond acceptors (Lipinski definition) is 0. The molecule has 0 bridgehead atoms. The maximum absolute atomic E-state index is 14.0. The minimum absolute atomic E-state index is 0.0334. The van der Waals surface area contributed by atoms with E-state index >= 15 is 0 Å². The molecule has 1 aliphatic carbocycles. The first-order valence-corrected chi connectivity index (χ1v) is 7.89. The highest BCUT2D eigenvalue weighted by Crippen LogP contribution is 2.43. The van der Waals surface area contributed by atoms with E-state index in [1.807, 2.05) is 19.1 Å². The molecule has 0 fully saturated rings. The van der Waals surface area contributed by atoms with Crippen LogP contribution in [0.3, 0.4) is 0 Å². The van der Waals surface area contributed by atoms with E-state index in [1.165, 1.54) is 16.7 Å². The van der Waals surface area contributed by atoms with Crippen molar-refractivity contribution in [3.05, 3.63) is 71.1 Å². The van der Waals surface area contributed by atoms with Crippen molar-refractivity contribution in [1.29, 1.82) is 0 Å². The van der Waals surface area contributed by atoms with Gasteiger partial charge in [0.05, 0.1) is 5.83 Å². The molecule has 1 unspecified atom stereocenters. The highest BCUT2D eigenvalue weighted by molar-refractivity contribution is 5.66. The van der Waals surface area contributed by atoms with Crippen molar-refractivity contribution in [1.82, 2.24) is 0 Å². The van der Waals surface area contributed by atoms with E-state index in [4.69, 9.17) is 0 Å². The summed E-state index contributed by atoms with van der Waals surface area (Å²) < 4.78 is 14.0. The molecule has 0 nitrogen and oxygen atoms in total. The number of rotatable bonds is 4. The summed E-state index contributed by atoms with van der Waals surface area (Å²) in [5.41, 5.74) is 5.93. The Kier molecular flexibility index (Phi) is 5.18. The number of hydrogen-bond donors (Lipinski definition) is 0. The van der Waals surface area contributed by atoms with Crippen LogP contribution in [0, 0.1) is 12.8 Å². The van der Waals surface area contributed by atoms with Crippen molar-refractivity contribution in [2.24, 2.45) is 5.92 Å². The summed E-state index contributed by atoms with van der Waals surface area (Å²) in [4.78, 5) is 0. The van der Waals surface area contributed by atoms with Crippen LogP contribution in [0.2, 0.25) is 0 Å². The highest BCUT2D eigenvalue weighted by Gasteiger charge is 2.30. The molecule has 116 valence electrons. The Hall–Kier alpha value is -1.89. The lowest BCUT2D eigenvalue weighted by Gasteiger charge is -2.31. The molecule has 0 saturated heterocycles. The van der Waals surface area contributed by atoms with Crippen LogP contribution in [0.5, 0.6) is 0 Å². The van der Waals surface area contributed by atoms with Gasteiger partial charge in [-0.1, -0.05) is 55.2 Å². The molecule has 0 spiro atoms. The highest BCUT2D eigenvalue weighted by atomic mass is 19.1. The van der Waals surface area contributed by atoms with Gasteiger partial charge in [0.25, 0.3) is 0 Å². The molecule has 0 heterocycles. The summed E-state index contributed by atoms with van der Waals surface area (Å²) in [7, 11) is 0. The van der Waals surface area contributed by atoms with Gasteiger partial charge >= 0.3 is 0 Å². The SMILES string of the molecule is C=Cc1cc(C)cc(/C=C\C)c1C1C=C(C)CC[C@H]1C(=C)F. The van der Waals surface area contributed by atoms with Crippen LogP contribution >= 0.6 is 0 Å². The van der Waals surface area contributed by atoms with Gasteiger partial charge in [0.1, 0.15) is 0 Å². The van der Waals surface area contributed by atoms with Gasteiger partial charge in [0, 0.05) is 11.8 Å². The van der Waals surface area contributed by atoms with Gasteiger partial charge in [-0.05, 0) is 55.9 Å². The Balaban J connectivity index is 2.69. The topological polar surface area (TPSA) is 0 Å². The third kappa shape index (κ3) is 3.30. The Bertz CT molecular complexity index is 646. The van der Waals surface area contributed by atoms with Crippen LogP contribution in [0.4, 0.5) is 4.39 Å². The minimum atomic E-state index is -0.212. The summed E-state index contributed by atoms with van der Waals surface area (Å²) in [6.45, 7) is 13.8. The molecule has 2 atom stereocenters. The lowest BCUT2D eigenvalue weighted by Crippen LogP contribution is -2.18. The fraction of sp³-hybridized carbons (Fsp3) is 0.333. The average Bonchev–Trinajstić information content (AvgIpc) is 2.46. The second-order valence-corrected chi connectivity index (χ2v) is 6.19. The van der Waals surface area contributed by atoms with Gasteiger partial charge < -0.3 is 0 Å². The average molecular weight is 296 g/mol. The quantitative estimate of drug-likeness (QED) is 0.549. The summed E-state index contributed by atoms with van der Waals surface area (Å²) in [5, 5.41) is 0. The number of allylic oxidation sites excluding steroid dienone is 4. The summed E-state index contributed by atoms with van der Waals surface area (Å²) in [6.07, 6.45) is 9.99. The van der Waals surface area contributed by atoms with Gasteiger partial charge in [-0.3, -0.25) is 0 Å². The van der Waals surface area contributed by atoms with Crippen LogP contribution in [-0.2, 0) is 0 Å². The lowest BCUT2D eigenvalue weighted by atomic mass is 9.73. The van der Waals surface area contributed by atoms with Crippen molar-refractivity contribution < 1.29 is 4.39 Å². The van der Waals surface area contributed by atoms with Gasteiger partial charge in [-0.25, -0.2) is 4.39 Å². The number of benzene rings is 1. The molecule has 0 radical (unpaired) electrons. The van der Waals surface area contributed by atoms with E-state index in [1.54, 1.807) is 0 Å². The summed E-state index contributed by atoms with van der Waals surface area (Å²) >= 11 is 0. The largest absolute Gasteiger partial charge is 0.212 e. The Morgan fingerprint density at radius 1 is 1.27 bits per heavy atom. The molecule has 2 rings (SSSR count). The van der Waals surface area contributed by atoms with E-state index in [9.17, 15) is 4.39 Å². The van der Waals surface area contributed by atoms with Crippen LogP contribution in [0.25, 0.3) is 12.2 Å². The Labute approximate surface area is 133 Å². The van der Waals surface area contributed by atoms with Crippen LogP contribution < -0.4 is 0 Å². The monoisotopic (exact) mass is 296 g/mol. The van der Waals surface area contributed by atoms with Crippen molar-refractivity contribution in [3.63, 3.8) is 0 Å². The van der Waals surface area contributed by atoms with E-state index in [2.05, 4.69) is 51.3 Å². The second-order valence-electron chi connectivity index (χ2n) is 6.19. The molecule has 1 aromatic rings. The smallest absolute Gasteiger partial charge is 0.0968 e. The normalized spacial score (nSPS) is 21.7. The van der Waals surface area contributed by atoms with E-state index in [-0.39, 0.29) is 17.7 Å². The fourth-order valence-corrected chi connectivity index (χ4v) is 3.43. The Morgan fingerprint density at radius 2 is 1.95 bits per heavy atom. The van der Waals surface area contributed by atoms with Crippen molar-refractivity contribution in [2.75, 3.05) is 0 Å². The first-order valence-electron chi connectivity index (χ1n) is 7.89. The molecule has 0 N–H and O–H groups in total. The zero-order chi connectivity index (χ0) is 16.3. The molecule has 1 aliphatic rings. The first-order chi connectivity index (χ1) is 10.5. The predicted molar refractivity (Wildman–Crippen MR) is 95.4 cm³/mol. The molecule has 1 heteroatoms. The van der Waals surface area contributed by atoms with Crippen LogP contribution in [-0.4, -0.2) is 0 Å². The van der Waals surface area contributed by atoms with Gasteiger partial charge in [0.2, 0.25) is 0 Å². The summed E-state index contributed by atoms with van der Waals surface area (Å²) in [6, 6.07) is 4.29. The lowest BCUT2D eigenvalue weighted by molar-refractivity contribution is 0.396. The van der Waals surface area contributed by atoms with Crippen molar-refractivity contribution in [3.8, 4) is 0 Å². The first kappa shape index (κ1) is 16.5. The molecular weight excluding hydrogens is 271 g/mol. The number of halogens is 1. The van der Waals surface area contributed by atoms with Gasteiger partial charge in [-0.2, -0.15) is 0 Å². The fourth-order valence-electron chi connectivity index (χ4n) is 3.43. The zero-order valence-electron chi connectivity index (χ0n) is 13.8. The van der Waals surface area contributed by atoms with E-state index in [0.717, 1.165) is 24.0 Å². The molecular formula is C21H25F. The number of aryl methyl sites for hydroxylation is 1. The zero-order valence-corrected chi connectivity index (χ0v) is 13.8. The second kappa shape index (κ2) is 6.91. The predicted octanol–water partition coefficient (Wildman–Crippen LogP) is 6.59. The van der Waals surface area contributed by atoms with Gasteiger partial charge in [0.15, 0.2) is 0 Å². The molecule has 0 aliphatic heterocycles. The summed E-state index contributed by atoms with van der Waals surface area (Å²) in [5.74, 6) is -0.323. The van der Waals surface area contributed by atoms with Crippen molar-refractivity contribution >= 4 is 12.2 Å². The third-order valence-corrected chi connectivity index (χ3v) is 4.44. The molecule has 22 heavy (non-hydrogen) atoms. The van der Waals surface area contributed by atoms with Gasteiger partial charge in [-0.15, -0.1) is 0 Å². The maximum atomic E-state index is 14.0. The molecule has 0 aromatic heterocycles. The molecule has 1 aromatic carbocycles. The minimum Gasteiger partial charge on any atom is -0.212 e. The maximum Gasteiger partial charge on any atom is 0.0968 e. The molecule has 0 saturated carbocycles. The standard InChI is InChI=1S/C21H25F/c1-6-8-18-12-15(4)11-17(7-2)21(18)20-13-14(3)9-10-19(20)16(5)22/h6-8,11-13,19-20H,2,5,9-10H2,1,3-4H3/b8-6-/t19-,20?/m0/s1. The van der Waals surface area contributed by atoms with E-state index in [0.29, 0.717) is 0 Å². The van der Waals surface area contributed by atoms with Crippen LogP contribution in [0.15, 0.2) is 48.8 Å².